The number of para-hydroxylation sites is 1. The SMILES string of the molecule is O=C(COc1ccccc1)Nc1ccc(C(=O)N/N=C2\C(=O)Nc3ccc(I)cc32)cc1. The summed E-state index contributed by atoms with van der Waals surface area (Å²) in [5.41, 5.74) is 4.70. The van der Waals surface area contributed by atoms with E-state index in [1.54, 1.807) is 42.5 Å². The van der Waals surface area contributed by atoms with Crippen molar-refractivity contribution in [3.63, 3.8) is 0 Å². The fraction of sp³-hybridized carbons (Fsp3) is 0.0435. The predicted octanol–water partition coefficient (Wildman–Crippen LogP) is 3.39. The number of ether oxygens (including phenoxy) is 1. The van der Waals surface area contributed by atoms with Crippen molar-refractivity contribution in [2.75, 3.05) is 17.2 Å². The van der Waals surface area contributed by atoms with Gasteiger partial charge in [-0.25, -0.2) is 5.43 Å². The third-order valence-corrected chi connectivity index (χ3v) is 5.18. The molecule has 0 atom stereocenters. The number of anilines is 2. The van der Waals surface area contributed by atoms with Crippen LogP contribution in [0.25, 0.3) is 0 Å². The van der Waals surface area contributed by atoms with Gasteiger partial charge in [0, 0.05) is 20.4 Å². The molecular weight excluding hydrogens is 523 g/mol. The van der Waals surface area contributed by atoms with Crippen LogP contribution in [-0.2, 0) is 9.59 Å². The quantitative estimate of drug-likeness (QED) is 0.329. The second-order valence-corrected chi connectivity index (χ2v) is 8.02. The molecule has 4 rings (SSSR count). The number of hydrogen-bond donors (Lipinski definition) is 3. The van der Waals surface area contributed by atoms with E-state index in [9.17, 15) is 14.4 Å². The van der Waals surface area contributed by atoms with Gasteiger partial charge >= 0.3 is 0 Å². The molecule has 1 heterocycles. The largest absolute Gasteiger partial charge is 0.484 e. The maximum absolute atomic E-state index is 12.4. The highest BCUT2D eigenvalue weighted by Gasteiger charge is 2.26. The van der Waals surface area contributed by atoms with Gasteiger partial charge in [-0.05, 0) is 77.2 Å². The minimum absolute atomic E-state index is 0.133. The Kier molecular flexibility index (Phi) is 6.45. The van der Waals surface area contributed by atoms with Crippen molar-refractivity contribution in [2.45, 2.75) is 0 Å². The number of hydrazone groups is 1. The van der Waals surface area contributed by atoms with E-state index in [2.05, 4.69) is 43.8 Å². The molecule has 0 fully saturated rings. The van der Waals surface area contributed by atoms with Gasteiger partial charge in [0.25, 0.3) is 17.7 Å². The van der Waals surface area contributed by atoms with E-state index >= 15 is 0 Å². The van der Waals surface area contributed by atoms with Gasteiger partial charge in [0.15, 0.2) is 12.3 Å². The predicted molar refractivity (Wildman–Crippen MR) is 129 cm³/mol. The lowest BCUT2D eigenvalue weighted by molar-refractivity contribution is -0.118. The second-order valence-electron chi connectivity index (χ2n) is 6.77. The molecule has 1 aliphatic heterocycles. The van der Waals surface area contributed by atoms with Crippen LogP contribution < -0.4 is 20.8 Å². The van der Waals surface area contributed by atoms with Gasteiger partial charge in [-0.15, -0.1) is 0 Å². The van der Waals surface area contributed by atoms with Crippen LogP contribution in [-0.4, -0.2) is 30.0 Å². The fourth-order valence-electron chi connectivity index (χ4n) is 2.98. The van der Waals surface area contributed by atoms with E-state index in [0.717, 1.165) is 3.57 Å². The number of benzene rings is 3. The highest BCUT2D eigenvalue weighted by molar-refractivity contribution is 14.1. The number of hydrogen-bond acceptors (Lipinski definition) is 5. The summed E-state index contributed by atoms with van der Waals surface area (Å²) < 4.78 is 6.35. The number of amides is 3. The lowest BCUT2D eigenvalue weighted by atomic mass is 10.1. The summed E-state index contributed by atoms with van der Waals surface area (Å²) in [4.78, 5) is 36.6. The number of carbonyl (C=O) groups excluding carboxylic acids is 3. The summed E-state index contributed by atoms with van der Waals surface area (Å²) >= 11 is 2.14. The zero-order valence-corrected chi connectivity index (χ0v) is 18.8. The molecule has 0 radical (unpaired) electrons. The topological polar surface area (TPSA) is 109 Å². The van der Waals surface area contributed by atoms with Gasteiger partial charge in [0.05, 0.1) is 5.69 Å². The zero-order chi connectivity index (χ0) is 22.5. The first kappa shape index (κ1) is 21.5. The summed E-state index contributed by atoms with van der Waals surface area (Å²) in [6, 6.07) is 20.8. The van der Waals surface area contributed by atoms with Crippen LogP contribution in [0.2, 0.25) is 0 Å². The fourth-order valence-corrected chi connectivity index (χ4v) is 3.47. The highest BCUT2D eigenvalue weighted by Crippen LogP contribution is 2.25. The Morgan fingerprint density at radius 3 is 2.50 bits per heavy atom. The number of halogens is 1. The minimum Gasteiger partial charge on any atom is -0.484 e. The van der Waals surface area contributed by atoms with Crippen LogP contribution in [0, 0.1) is 3.57 Å². The van der Waals surface area contributed by atoms with Crippen LogP contribution in [0.1, 0.15) is 15.9 Å². The van der Waals surface area contributed by atoms with Gasteiger partial charge < -0.3 is 15.4 Å². The van der Waals surface area contributed by atoms with E-state index in [-0.39, 0.29) is 24.1 Å². The van der Waals surface area contributed by atoms with Gasteiger partial charge in [-0.3, -0.25) is 14.4 Å². The lowest BCUT2D eigenvalue weighted by Crippen LogP contribution is -2.23. The van der Waals surface area contributed by atoms with Crippen molar-refractivity contribution in [3.8, 4) is 5.75 Å². The monoisotopic (exact) mass is 540 g/mol. The molecule has 3 aromatic rings. The number of rotatable bonds is 6. The molecule has 8 nitrogen and oxygen atoms in total. The molecule has 3 aromatic carbocycles. The Hall–Kier alpha value is -3.73. The standard InChI is InChI=1S/C23H17IN4O4/c24-15-8-11-19-18(12-15)21(23(31)26-19)27-28-22(30)14-6-9-16(10-7-14)25-20(29)13-32-17-4-2-1-3-5-17/h1-12H,13H2,(H,25,29)(H,28,30)(H,26,27,31). The molecule has 160 valence electrons. The molecule has 0 unspecified atom stereocenters. The second kappa shape index (κ2) is 9.60. The van der Waals surface area contributed by atoms with E-state index in [0.29, 0.717) is 28.3 Å². The Morgan fingerprint density at radius 2 is 1.75 bits per heavy atom. The van der Waals surface area contributed by atoms with Crippen LogP contribution in [0.4, 0.5) is 11.4 Å². The molecule has 0 spiro atoms. The molecule has 9 heteroatoms. The van der Waals surface area contributed by atoms with Gasteiger partial charge in [0.1, 0.15) is 5.75 Å². The number of nitrogens with zero attached hydrogens (tertiary/aromatic N) is 1. The molecule has 0 saturated carbocycles. The number of carbonyl (C=O) groups is 3. The first-order valence-corrected chi connectivity index (χ1v) is 10.6. The molecule has 32 heavy (non-hydrogen) atoms. The van der Waals surface area contributed by atoms with Crippen molar-refractivity contribution >= 4 is 57.4 Å². The first-order chi connectivity index (χ1) is 15.5. The van der Waals surface area contributed by atoms with E-state index in [4.69, 9.17) is 4.74 Å². The summed E-state index contributed by atoms with van der Waals surface area (Å²) in [5, 5.41) is 9.41. The molecule has 3 N–H and O–H groups in total. The summed E-state index contributed by atoms with van der Waals surface area (Å²) in [7, 11) is 0. The molecule has 0 aliphatic carbocycles. The lowest BCUT2D eigenvalue weighted by Gasteiger charge is -2.08. The van der Waals surface area contributed by atoms with Gasteiger partial charge in [0.2, 0.25) is 0 Å². The molecule has 3 amide bonds. The van der Waals surface area contributed by atoms with Crippen molar-refractivity contribution in [2.24, 2.45) is 5.10 Å². The van der Waals surface area contributed by atoms with Gasteiger partial charge in [-0.2, -0.15) is 5.10 Å². The van der Waals surface area contributed by atoms with E-state index < -0.39 is 5.91 Å². The Bertz CT molecular complexity index is 1210. The minimum atomic E-state index is -0.477. The Morgan fingerprint density at radius 1 is 1.00 bits per heavy atom. The first-order valence-electron chi connectivity index (χ1n) is 9.57. The maximum atomic E-state index is 12.4. The average Bonchev–Trinajstić information content (AvgIpc) is 3.11. The average molecular weight is 540 g/mol. The third-order valence-electron chi connectivity index (χ3n) is 4.51. The normalized spacial score (nSPS) is 13.3. The summed E-state index contributed by atoms with van der Waals surface area (Å²) in [6.07, 6.45) is 0. The molecule has 0 aromatic heterocycles. The summed E-state index contributed by atoms with van der Waals surface area (Å²) in [6.45, 7) is -0.133. The van der Waals surface area contributed by atoms with Crippen LogP contribution in [0.3, 0.4) is 0 Å². The molecule has 1 aliphatic rings. The van der Waals surface area contributed by atoms with Crippen LogP contribution in [0.15, 0.2) is 77.9 Å². The van der Waals surface area contributed by atoms with Crippen molar-refractivity contribution in [1.82, 2.24) is 5.43 Å². The molecule has 0 bridgehead atoms. The zero-order valence-electron chi connectivity index (χ0n) is 16.6. The smallest absolute Gasteiger partial charge is 0.276 e. The highest BCUT2D eigenvalue weighted by atomic mass is 127. The van der Waals surface area contributed by atoms with Crippen molar-refractivity contribution < 1.29 is 19.1 Å². The molecular formula is C23H17IN4O4. The number of nitrogens with one attached hydrogen (secondary N) is 3. The van der Waals surface area contributed by atoms with Crippen LogP contribution in [0.5, 0.6) is 5.75 Å². The van der Waals surface area contributed by atoms with E-state index in [1.165, 1.54) is 0 Å². The van der Waals surface area contributed by atoms with Gasteiger partial charge in [-0.1, -0.05) is 18.2 Å². The Balaban J connectivity index is 1.34. The third kappa shape index (κ3) is 5.11. The number of fused-ring (bicyclic) bond motifs is 1. The Labute approximate surface area is 197 Å². The van der Waals surface area contributed by atoms with Crippen molar-refractivity contribution in [3.05, 3.63) is 87.5 Å². The molecule has 0 saturated heterocycles. The summed E-state index contributed by atoms with van der Waals surface area (Å²) in [5.74, 6) is -0.574. The van der Waals surface area contributed by atoms with Crippen LogP contribution >= 0.6 is 22.6 Å². The van der Waals surface area contributed by atoms with E-state index in [1.807, 2.05) is 30.3 Å². The van der Waals surface area contributed by atoms with Crippen molar-refractivity contribution in [1.29, 1.82) is 0 Å². The maximum Gasteiger partial charge on any atom is 0.276 e.